The molecule has 1 aliphatic rings. The molecule has 1 heterocycles. The molecule has 1 rings (SSSR count). The van der Waals surface area contributed by atoms with Crippen molar-refractivity contribution >= 4 is 5.97 Å². The van der Waals surface area contributed by atoms with Gasteiger partial charge in [-0.05, 0) is 19.3 Å². The quantitative estimate of drug-likeness (QED) is 0.248. The van der Waals surface area contributed by atoms with E-state index >= 15 is 0 Å². The molecular formula is C23H44O3. The summed E-state index contributed by atoms with van der Waals surface area (Å²) in [6, 6.07) is 0. The fourth-order valence-electron chi connectivity index (χ4n) is 4.03. The number of rotatable bonds is 16. The summed E-state index contributed by atoms with van der Waals surface area (Å²) in [7, 11) is 0. The Morgan fingerprint density at radius 3 is 1.77 bits per heavy atom. The number of cyclic esters (lactones) is 1. The van der Waals surface area contributed by atoms with E-state index in [9.17, 15) is 9.90 Å². The fraction of sp³-hybridized carbons (Fsp3) is 0.957. The topological polar surface area (TPSA) is 46.5 Å². The number of ether oxygens (including phenoxy) is 1. The third-order valence-corrected chi connectivity index (χ3v) is 5.80. The lowest BCUT2D eigenvalue weighted by atomic mass is 9.88. The van der Waals surface area contributed by atoms with E-state index in [0.29, 0.717) is 6.42 Å². The molecule has 0 aliphatic carbocycles. The van der Waals surface area contributed by atoms with Crippen LogP contribution in [0.4, 0.5) is 0 Å². The first kappa shape index (κ1) is 23.5. The minimum atomic E-state index is -0.494. The Kier molecular flexibility index (Phi) is 14.0. The smallest absolute Gasteiger partial charge is 0.311 e. The van der Waals surface area contributed by atoms with Crippen LogP contribution in [0.5, 0.6) is 0 Å². The van der Waals surface area contributed by atoms with Gasteiger partial charge < -0.3 is 9.84 Å². The van der Waals surface area contributed by atoms with Crippen molar-refractivity contribution in [2.24, 2.45) is 5.92 Å². The molecule has 0 aromatic carbocycles. The summed E-state index contributed by atoms with van der Waals surface area (Å²) in [5.74, 6) is -0.437. The van der Waals surface area contributed by atoms with Gasteiger partial charge in [-0.25, -0.2) is 0 Å². The predicted octanol–water partition coefficient (Wildman–Crippen LogP) is 6.56. The highest BCUT2D eigenvalue weighted by molar-refractivity contribution is 5.74. The van der Waals surface area contributed by atoms with E-state index in [1.807, 2.05) is 0 Å². The maximum absolute atomic E-state index is 12.2. The van der Waals surface area contributed by atoms with E-state index in [4.69, 9.17) is 4.74 Å². The molecule has 0 amide bonds. The van der Waals surface area contributed by atoms with Crippen molar-refractivity contribution < 1.29 is 14.6 Å². The highest BCUT2D eigenvalue weighted by atomic mass is 16.5. The van der Waals surface area contributed by atoms with E-state index in [-0.39, 0.29) is 18.0 Å². The fourth-order valence-corrected chi connectivity index (χ4v) is 4.03. The number of carbonyl (C=O) groups is 1. The minimum absolute atomic E-state index is 0.0570. The Labute approximate surface area is 162 Å². The third-order valence-electron chi connectivity index (χ3n) is 5.80. The first-order chi connectivity index (χ1) is 12.7. The van der Waals surface area contributed by atoms with Gasteiger partial charge in [-0.2, -0.15) is 0 Å². The second-order valence-corrected chi connectivity index (χ2v) is 8.29. The molecule has 3 heteroatoms. The molecule has 26 heavy (non-hydrogen) atoms. The van der Waals surface area contributed by atoms with Crippen molar-refractivity contribution in [3.05, 3.63) is 0 Å². The SMILES string of the molecule is CCCCCCCCCCCC[C@@H]1C[C@H](O)[C@H](CCCCCC)C(=O)O1. The summed E-state index contributed by atoms with van der Waals surface area (Å²) in [5.41, 5.74) is 0. The normalized spacial score (nSPS) is 23.2. The maximum Gasteiger partial charge on any atom is 0.311 e. The zero-order chi connectivity index (χ0) is 19.0. The average Bonchev–Trinajstić information content (AvgIpc) is 2.62. The van der Waals surface area contributed by atoms with Crippen LogP contribution in [0.2, 0.25) is 0 Å². The number of aliphatic hydroxyl groups excluding tert-OH is 1. The highest BCUT2D eigenvalue weighted by Crippen LogP contribution is 2.28. The van der Waals surface area contributed by atoms with Crippen LogP contribution >= 0.6 is 0 Å². The van der Waals surface area contributed by atoms with Crippen molar-refractivity contribution in [2.75, 3.05) is 0 Å². The van der Waals surface area contributed by atoms with Crippen LogP contribution in [0.1, 0.15) is 123 Å². The zero-order valence-corrected chi connectivity index (χ0v) is 17.5. The molecule has 1 fully saturated rings. The number of hydrogen-bond acceptors (Lipinski definition) is 3. The molecule has 3 nitrogen and oxygen atoms in total. The van der Waals surface area contributed by atoms with Crippen molar-refractivity contribution in [2.45, 2.75) is 135 Å². The number of hydrogen-bond donors (Lipinski definition) is 1. The number of unbranched alkanes of at least 4 members (excludes halogenated alkanes) is 12. The molecule has 1 N–H and O–H groups in total. The van der Waals surface area contributed by atoms with Gasteiger partial charge in [-0.1, -0.05) is 97.3 Å². The van der Waals surface area contributed by atoms with E-state index < -0.39 is 6.10 Å². The van der Waals surface area contributed by atoms with Gasteiger partial charge in [0.25, 0.3) is 0 Å². The summed E-state index contributed by atoms with van der Waals surface area (Å²) in [5, 5.41) is 10.3. The number of esters is 1. The molecule has 0 aromatic rings. The van der Waals surface area contributed by atoms with Crippen molar-refractivity contribution in [1.29, 1.82) is 0 Å². The molecular weight excluding hydrogens is 324 g/mol. The molecule has 1 saturated heterocycles. The monoisotopic (exact) mass is 368 g/mol. The second kappa shape index (κ2) is 15.5. The maximum atomic E-state index is 12.2. The zero-order valence-electron chi connectivity index (χ0n) is 17.5. The lowest BCUT2D eigenvalue weighted by Gasteiger charge is -2.32. The lowest BCUT2D eigenvalue weighted by molar-refractivity contribution is -0.170. The van der Waals surface area contributed by atoms with E-state index in [2.05, 4.69) is 13.8 Å². The van der Waals surface area contributed by atoms with Crippen molar-refractivity contribution in [3.8, 4) is 0 Å². The van der Waals surface area contributed by atoms with Crippen LogP contribution in [0, 0.1) is 5.92 Å². The van der Waals surface area contributed by atoms with Crippen LogP contribution in [-0.2, 0) is 9.53 Å². The van der Waals surface area contributed by atoms with Gasteiger partial charge >= 0.3 is 5.97 Å². The van der Waals surface area contributed by atoms with Crippen LogP contribution in [0.15, 0.2) is 0 Å². The Morgan fingerprint density at radius 1 is 0.769 bits per heavy atom. The minimum Gasteiger partial charge on any atom is -0.462 e. The molecule has 3 atom stereocenters. The van der Waals surface area contributed by atoms with Crippen molar-refractivity contribution in [3.63, 3.8) is 0 Å². The van der Waals surface area contributed by atoms with E-state index in [0.717, 1.165) is 32.1 Å². The molecule has 154 valence electrons. The standard InChI is InChI=1S/C23H44O3/c1-3-5-7-9-10-11-12-13-14-15-17-20-19-22(24)21(23(25)26-20)18-16-8-6-4-2/h20-22,24H,3-19H2,1-2H3/t20-,21+,22+/m1/s1. The Bertz CT molecular complexity index is 342. The predicted molar refractivity (Wildman–Crippen MR) is 109 cm³/mol. The largest absolute Gasteiger partial charge is 0.462 e. The summed E-state index contributed by atoms with van der Waals surface area (Å²) in [6.07, 6.45) is 19.5. The van der Waals surface area contributed by atoms with Crippen LogP contribution in [0.25, 0.3) is 0 Å². The summed E-state index contributed by atoms with van der Waals surface area (Å²) in [6.45, 7) is 4.44. The molecule has 0 bridgehead atoms. The molecule has 0 radical (unpaired) electrons. The van der Waals surface area contributed by atoms with Gasteiger partial charge in [0.15, 0.2) is 0 Å². The first-order valence-corrected chi connectivity index (χ1v) is 11.6. The lowest BCUT2D eigenvalue weighted by Crippen LogP contribution is -2.41. The molecule has 0 aromatic heterocycles. The molecule has 0 spiro atoms. The van der Waals surface area contributed by atoms with Gasteiger partial charge in [0.2, 0.25) is 0 Å². The molecule has 0 unspecified atom stereocenters. The summed E-state index contributed by atoms with van der Waals surface area (Å²) in [4.78, 5) is 12.2. The summed E-state index contributed by atoms with van der Waals surface area (Å²) < 4.78 is 5.61. The van der Waals surface area contributed by atoms with E-state index in [1.54, 1.807) is 0 Å². The summed E-state index contributed by atoms with van der Waals surface area (Å²) >= 11 is 0. The average molecular weight is 369 g/mol. The number of aliphatic hydroxyl groups is 1. The Balaban J connectivity index is 2.03. The third kappa shape index (κ3) is 10.5. The second-order valence-electron chi connectivity index (χ2n) is 8.29. The Morgan fingerprint density at radius 2 is 1.23 bits per heavy atom. The first-order valence-electron chi connectivity index (χ1n) is 11.6. The van der Waals surface area contributed by atoms with Crippen LogP contribution < -0.4 is 0 Å². The molecule has 0 saturated carbocycles. The molecule has 1 aliphatic heterocycles. The van der Waals surface area contributed by atoms with E-state index in [1.165, 1.54) is 70.6 Å². The van der Waals surface area contributed by atoms with Crippen molar-refractivity contribution in [1.82, 2.24) is 0 Å². The number of carbonyl (C=O) groups excluding carboxylic acids is 1. The van der Waals surface area contributed by atoms with Gasteiger partial charge in [0.05, 0.1) is 12.0 Å². The van der Waals surface area contributed by atoms with Gasteiger partial charge in [-0.15, -0.1) is 0 Å². The Hall–Kier alpha value is -0.570. The van der Waals surface area contributed by atoms with Gasteiger partial charge in [0, 0.05) is 6.42 Å². The highest BCUT2D eigenvalue weighted by Gasteiger charge is 2.36. The van der Waals surface area contributed by atoms with Gasteiger partial charge in [-0.3, -0.25) is 4.79 Å². The van der Waals surface area contributed by atoms with Crippen LogP contribution in [-0.4, -0.2) is 23.3 Å². The van der Waals surface area contributed by atoms with Gasteiger partial charge in [0.1, 0.15) is 6.10 Å². The van der Waals surface area contributed by atoms with Crippen LogP contribution in [0.3, 0.4) is 0 Å².